The maximum atomic E-state index is 13.5. The predicted octanol–water partition coefficient (Wildman–Crippen LogP) is 4.79. The summed E-state index contributed by atoms with van der Waals surface area (Å²) >= 11 is 4.99. The molecule has 18 heavy (non-hydrogen) atoms. The molecule has 0 aromatic heterocycles. The lowest BCUT2D eigenvalue weighted by molar-refractivity contribution is 0.630. The van der Waals surface area contributed by atoms with E-state index in [1.165, 1.54) is 11.0 Å². The van der Waals surface area contributed by atoms with Gasteiger partial charge in [0.1, 0.15) is 5.82 Å². The van der Waals surface area contributed by atoms with Crippen molar-refractivity contribution in [1.82, 2.24) is 0 Å². The molecule has 0 radical (unpaired) electrons. The van der Waals surface area contributed by atoms with Crippen LogP contribution in [0, 0.1) is 5.82 Å². The van der Waals surface area contributed by atoms with Crippen LogP contribution in [0.1, 0.15) is 0 Å². The molecule has 0 saturated carbocycles. The molecule has 0 atom stereocenters. The summed E-state index contributed by atoms with van der Waals surface area (Å²) in [6, 6.07) is 15.2. The molecule has 1 N–H and O–H groups in total. The van der Waals surface area contributed by atoms with Crippen LogP contribution < -0.4 is 5.32 Å². The Labute approximate surface area is 119 Å². The van der Waals surface area contributed by atoms with Crippen molar-refractivity contribution in [2.75, 3.05) is 17.6 Å². The van der Waals surface area contributed by atoms with E-state index in [9.17, 15) is 4.39 Å². The van der Waals surface area contributed by atoms with Gasteiger partial charge in [0.05, 0.1) is 5.69 Å². The van der Waals surface area contributed by atoms with Crippen LogP contribution in [0.5, 0.6) is 0 Å². The average Bonchev–Trinajstić information content (AvgIpc) is 2.38. The molecule has 0 amide bonds. The van der Waals surface area contributed by atoms with Crippen LogP contribution in [-0.2, 0) is 0 Å². The standard InChI is InChI=1S/C14H13BrFNS/c15-11-6-7-14(13(16)10-11)17-8-9-18-12-4-2-1-3-5-12/h1-7,10,17H,8-9H2. The van der Waals surface area contributed by atoms with Crippen molar-refractivity contribution in [1.29, 1.82) is 0 Å². The van der Waals surface area contributed by atoms with Gasteiger partial charge in [-0.05, 0) is 30.3 Å². The van der Waals surface area contributed by atoms with Crippen LogP contribution in [0.4, 0.5) is 10.1 Å². The summed E-state index contributed by atoms with van der Waals surface area (Å²) in [5.41, 5.74) is 0.548. The van der Waals surface area contributed by atoms with Gasteiger partial charge in [-0.3, -0.25) is 0 Å². The molecule has 0 fully saturated rings. The highest BCUT2D eigenvalue weighted by atomic mass is 79.9. The van der Waals surface area contributed by atoms with E-state index in [-0.39, 0.29) is 5.82 Å². The number of nitrogens with one attached hydrogen (secondary N) is 1. The van der Waals surface area contributed by atoms with Gasteiger partial charge in [-0.2, -0.15) is 0 Å². The lowest BCUT2D eigenvalue weighted by Crippen LogP contribution is -2.05. The van der Waals surface area contributed by atoms with E-state index in [1.807, 2.05) is 24.3 Å². The molecule has 1 nitrogen and oxygen atoms in total. The van der Waals surface area contributed by atoms with Gasteiger partial charge in [0.2, 0.25) is 0 Å². The molecule has 0 unspecified atom stereocenters. The Kier molecular flexibility index (Phi) is 5.08. The Hall–Kier alpha value is -1.00. The monoisotopic (exact) mass is 325 g/mol. The van der Waals surface area contributed by atoms with E-state index in [1.54, 1.807) is 17.8 Å². The van der Waals surface area contributed by atoms with Gasteiger partial charge in [-0.15, -0.1) is 11.8 Å². The summed E-state index contributed by atoms with van der Waals surface area (Å²) in [6.45, 7) is 0.734. The van der Waals surface area contributed by atoms with E-state index >= 15 is 0 Å². The molecule has 2 rings (SSSR count). The van der Waals surface area contributed by atoms with E-state index in [0.29, 0.717) is 5.69 Å². The third-order valence-electron chi connectivity index (χ3n) is 2.36. The Morgan fingerprint density at radius 2 is 1.89 bits per heavy atom. The molecule has 0 aliphatic carbocycles. The zero-order chi connectivity index (χ0) is 12.8. The SMILES string of the molecule is Fc1cc(Br)ccc1NCCSc1ccccc1. The topological polar surface area (TPSA) is 12.0 Å². The van der Waals surface area contributed by atoms with E-state index in [0.717, 1.165) is 16.8 Å². The van der Waals surface area contributed by atoms with Gasteiger partial charge in [-0.1, -0.05) is 34.1 Å². The van der Waals surface area contributed by atoms with E-state index in [4.69, 9.17) is 0 Å². The van der Waals surface area contributed by atoms with Crippen molar-refractivity contribution >= 4 is 33.4 Å². The van der Waals surface area contributed by atoms with Gasteiger partial charge in [0.25, 0.3) is 0 Å². The molecular formula is C14H13BrFNS. The van der Waals surface area contributed by atoms with Gasteiger partial charge in [0.15, 0.2) is 0 Å². The highest BCUT2D eigenvalue weighted by Gasteiger charge is 2.01. The van der Waals surface area contributed by atoms with Crippen LogP contribution in [0.3, 0.4) is 0 Å². The van der Waals surface area contributed by atoms with Crippen molar-refractivity contribution < 1.29 is 4.39 Å². The van der Waals surface area contributed by atoms with Crippen molar-refractivity contribution in [2.24, 2.45) is 0 Å². The van der Waals surface area contributed by atoms with Gasteiger partial charge >= 0.3 is 0 Å². The number of benzene rings is 2. The molecular weight excluding hydrogens is 313 g/mol. The number of rotatable bonds is 5. The molecule has 2 aromatic rings. The minimum atomic E-state index is -0.228. The number of anilines is 1. The van der Waals surface area contributed by atoms with Gasteiger partial charge in [-0.25, -0.2) is 4.39 Å². The van der Waals surface area contributed by atoms with Crippen LogP contribution in [0.2, 0.25) is 0 Å². The lowest BCUT2D eigenvalue weighted by Gasteiger charge is -2.07. The Morgan fingerprint density at radius 3 is 2.61 bits per heavy atom. The van der Waals surface area contributed by atoms with E-state index in [2.05, 4.69) is 33.4 Å². The first-order chi connectivity index (χ1) is 8.75. The first-order valence-electron chi connectivity index (χ1n) is 5.62. The van der Waals surface area contributed by atoms with E-state index < -0.39 is 0 Å². The van der Waals surface area contributed by atoms with Crippen LogP contribution in [0.15, 0.2) is 57.9 Å². The molecule has 0 aliphatic rings. The maximum absolute atomic E-state index is 13.5. The average molecular weight is 326 g/mol. The Balaban J connectivity index is 1.79. The summed E-state index contributed by atoms with van der Waals surface area (Å²) in [5.74, 6) is 0.675. The van der Waals surface area contributed by atoms with Crippen molar-refractivity contribution in [3.05, 3.63) is 58.8 Å². The number of thioether (sulfide) groups is 1. The smallest absolute Gasteiger partial charge is 0.147 e. The summed E-state index contributed by atoms with van der Waals surface area (Å²) in [5, 5.41) is 3.09. The van der Waals surface area contributed by atoms with Crippen molar-refractivity contribution in [2.45, 2.75) is 4.90 Å². The second kappa shape index (κ2) is 6.81. The summed E-state index contributed by atoms with van der Waals surface area (Å²) in [4.78, 5) is 1.23. The van der Waals surface area contributed by atoms with Crippen LogP contribution >= 0.6 is 27.7 Å². The zero-order valence-electron chi connectivity index (χ0n) is 9.70. The van der Waals surface area contributed by atoms with Crippen LogP contribution in [0.25, 0.3) is 0 Å². The minimum absolute atomic E-state index is 0.228. The number of hydrogen-bond donors (Lipinski definition) is 1. The lowest BCUT2D eigenvalue weighted by atomic mass is 10.3. The fourth-order valence-corrected chi connectivity index (χ4v) is 2.63. The maximum Gasteiger partial charge on any atom is 0.147 e. The van der Waals surface area contributed by atoms with Gasteiger partial charge < -0.3 is 5.32 Å². The fourth-order valence-electron chi connectivity index (χ4n) is 1.50. The molecule has 0 bridgehead atoms. The quantitative estimate of drug-likeness (QED) is 0.626. The molecule has 2 aromatic carbocycles. The predicted molar refractivity (Wildman–Crippen MR) is 79.8 cm³/mol. The minimum Gasteiger partial charge on any atom is -0.382 e. The summed E-state index contributed by atoms with van der Waals surface area (Å²) in [6.07, 6.45) is 0. The highest BCUT2D eigenvalue weighted by Crippen LogP contribution is 2.20. The third-order valence-corrected chi connectivity index (χ3v) is 3.87. The molecule has 0 heterocycles. The number of halogens is 2. The Bertz CT molecular complexity index is 504. The van der Waals surface area contributed by atoms with Crippen LogP contribution in [-0.4, -0.2) is 12.3 Å². The molecule has 0 spiro atoms. The first-order valence-corrected chi connectivity index (χ1v) is 7.40. The third kappa shape index (κ3) is 4.03. The molecule has 0 saturated heterocycles. The largest absolute Gasteiger partial charge is 0.382 e. The second-order valence-corrected chi connectivity index (χ2v) is 5.80. The highest BCUT2D eigenvalue weighted by molar-refractivity contribution is 9.10. The van der Waals surface area contributed by atoms with Gasteiger partial charge in [0, 0.05) is 21.7 Å². The fraction of sp³-hybridized carbons (Fsp3) is 0.143. The molecule has 0 aliphatic heterocycles. The summed E-state index contributed by atoms with van der Waals surface area (Å²) in [7, 11) is 0. The zero-order valence-corrected chi connectivity index (χ0v) is 12.1. The Morgan fingerprint density at radius 1 is 1.11 bits per heavy atom. The molecule has 4 heteroatoms. The normalized spacial score (nSPS) is 10.3. The first kappa shape index (κ1) is 13.4. The van der Waals surface area contributed by atoms with Crippen molar-refractivity contribution in [3.8, 4) is 0 Å². The second-order valence-electron chi connectivity index (χ2n) is 3.71. The number of hydrogen-bond acceptors (Lipinski definition) is 2. The van der Waals surface area contributed by atoms with Crippen molar-refractivity contribution in [3.63, 3.8) is 0 Å². The molecule has 94 valence electrons. The summed E-state index contributed by atoms with van der Waals surface area (Å²) < 4.78 is 14.3.